The van der Waals surface area contributed by atoms with E-state index in [0.717, 1.165) is 33.4 Å². The first kappa shape index (κ1) is 16.3. The minimum absolute atomic E-state index is 0.0281. The van der Waals surface area contributed by atoms with Crippen LogP contribution < -0.4 is 9.80 Å². The van der Waals surface area contributed by atoms with Crippen LogP contribution in [-0.4, -0.2) is 36.0 Å². The molecule has 126 valence electrons. The molecule has 0 saturated heterocycles. The van der Waals surface area contributed by atoms with Gasteiger partial charge in [-0.05, 0) is 59.3 Å². The Labute approximate surface area is 159 Å². The quantitative estimate of drug-likeness (QED) is 0.537. The molecular formula is C19H17IN4O. The second kappa shape index (κ2) is 6.59. The highest BCUT2D eigenvalue weighted by Gasteiger charge is 2.27. The Morgan fingerprint density at radius 3 is 2.44 bits per heavy atom. The third-order valence-electron chi connectivity index (χ3n) is 4.34. The smallest absolute Gasteiger partial charge is 0.259 e. The van der Waals surface area contributed by atoms with Crippen molar-refractivity contribution in [2.24, 2.45) is 0 Å². The van der Waals surface area contributed by atoms with Crippen molar-refractivity contribution in [3.63, 3.8) is 0 Å². The summed E-state index contributed by atoms with van der Waals surface area (Å²) in [5.74, 6) is 1.37. The first-order valence-electron chi connectivity index (χ1n) is 8.19. The van der Waals surface area contributed by atoms with E-state index in [1.807, 2.05) is 55.6 Å². The lowest BCUT2D eigenvalue weighted by Crippen LogP contribution is -2.32. The average Bonchev–Trinajstić information content (AvgIpc) is 2.78. The van der Waals surface area contributed by atoms with Crippen molar-refractivity contribution in [3.05, 3.63) is 57.7 Å². The van der Waals surface area contributed by atoms with E-state index in [2.05, 4.69) is 27.5 Å². The first-order chi connectivity index (χ1) is 12.1. The molecule has 6 heteroatoms. The molecule has 0 radical (unpaired) electrons. The third kappa shape index (κ3) is 3.06. The number of rotatable bonds is 1. The average molecular weight is 444 g/mol. The molecule has 25 heavy (non-hydrogen) atoms. The van der Waals surface area contributed by atoms with Gasteiger partial charge in [0.25, 0.3) is 5.91 Å². The van der Waals surface area contributed by atoms with Crippen LogP contribution >= 0.6 is 22.6 Å². The van der Waals surface area contributed by atoms with Crippen LogP contribution in [0.15, 0.2) is 48.5 Å². The van der Waals surface area contributed by atoms with Crippen LogP contribution in [0.5, 0.6) is 0 Å². The second-order valence-electron chi connectivity index (χ2n) is 6.10. The SMILES string of the molecule is CN1CCCN(C(=O)c2cccc(I)c2)c2nc3ccccc3nc21. The summed E-state index contributed by atoms with van der Waals surface area (Å²) in [5.41, 5.74) is 2.33. The topological polar surface area (TPSA) is 49.3 Å². The lowest BCUT2D eigenvalue weighted by Gasteiger charge is -2.23. The molecule has 0 N–H and O–H groups in total. The number of fused-ring (bicyclic) bond motifs is 2. The molecule has 4 rings (SSSR count). The molecule has 0 atom stereocenters. The van der Waals surface area contributed by atoms with Gasteiger partial charge in [0.2, 0.25) is 0 Å². The maximum atomic E-state index is 13.1. The van der Waals surface area contributed by atoms with Gasteiger partial charge in [0.05, 0.1) is 11.0 Å². The second-order valence-corrected chi connectivity index (χ2v) is 7.35. The number of aromatic nitrogens is 2. The summed E-state index contributed by atoms with van der Waals surface area (Å²) in [4.78, 5) is 26.5. The molecule has 0 saturated carbocycles. The number of halogens is 1. The van der Waals surface area contributed by atoms with E-state index in [1.54, 1.807) is 4.90 Å². The van der Waals surface area contributed by atoms with Crippen molar-refractivity contribution in [3.8, 4) is 0 Å². The van der Waals surface area contributed by atoms with Crippen LogP contribution in [0.3, 0.4) is 0 Å². The molecule has 0 unspecified atom stereocenters. The first-order valence-corrected chi connectivity index (χ1v) is 9.27. The van der Waals surface area contributed by atoms with Crippen molar-refractivity contribution >= 4 is 51.2 Å². The standard InChI is InChI=1S/C19H17IN4O/c1-23-10-5-11-24(19(25)13-6-4-7-14(20)12-13)18-17(23)21-15-8-2-3-9-16(15)22-18/h2-4,6-9,12H,5,10-11H2,1H3. The van der Waals surface area contributed by atoms with Gasteiger partial charge in [-0.3, -0.25) is 9.69 Å². The lowest BCUT2D eigenvalue weighted by atomic mass is 10.2. The van der Waals surface area contributed by atoms with Gasteiger partial charge in [0, 0.05) is 29.3 Å². The molecule has 0 fully saturated rings. The number of nitrogens with zero attached hydrogens (tertiary/aromatic N) is 4. The number of carbonyl (C=O) groups is 1. The zero-order chi connectivity index (χ0) is 17.4. The number of carbonyl (C=O) groups excluding carboxylic acids is 1. The Balaban J connectivity index is 1.85. The van der Waals surface area contributed by atoms with Gasteiger partial charge in [-0.2, -0.15) is 0 Å². The Bertz CT molecular complexity index is 959. The van der Waals surface area contributed by atoms with Crippen molar-refractivity contribution < 1.29 is 4.79 Å². The van der Waals surface area contributed by atoms with E-state index in [-0.39, 0.29) is 5.91 Å². The fourth-order valence-corrected chi connectivity index (χ4v) is 3.61. The normalized spacial score (nSPS) is 14.3. The Morgan fingerprint density at radius 1 is 1.00 bits per heavy atom. The predicted octanol–water partition coefficient (Wildman–Crippen LogP) is 3.72. The summed E-state index contributed by atoms with van der Waals surface area (Å²) in [6.07, 6.45) is 0.876. The predicted molar refractivity (Wildman–Crippen MR) is 108 cm³/mol. The molecule has 0 aliphatic carbocycles. The fraction of sp³-hybridized carbons (Fsp3) is 0.211. The Kier molecular flexibility index (Phi) is 4.29. The van der Waals surface area contributed by atoms with Crippen LogP contribution in [0.25, 0.3) is 11.0 Å². The molecule has 1 aliphatic heterocycles. The number of anilines is 2. The summed E-state index contributed by atoms with van der Waals surface area (Å²) < 4.78 is 1.04. The van der Waals surface area contributed by atoms with E-state index in [0.29, 0.717) is 17.9 Å². The van der Waals surface area contributed by atoms with Crippen LogP contribution in [0.4, 0.5) is 11.6 Å². The van der Waals surface area contributed by atoms with E-state index in [9.17, 15) is 4.79 Å². The molecule has 5 nitrogen and oxygen atoms in total. The zero-order valence-corrected chi connectivity index (χ0v) is 16.0. The third-order valence-corrected chi connectivity index (χ3v) is 5.01. The Hall–Kier alpha value is -2.22. The highest BCUT2D eigenvalue weighted by Crippen LogP contribution is 2.31. The van der Waals surface area contributed by atoms with Crippen molar-refractivity contribution in [1.29, 1.82) is 0 Å². The zero-order valence-electron chi connectivity index (χ0n) is 13.8. The number of para-hydroxylation sites is 2. The molecule has 2 heterocycles. The maximum Gasteiger partial charge on any atom is 0.259 e. The largest absolute Gasteiger partial charge is 0.357 e. The number of hydrogen-bond acceptors (Lipinski definition) is 4. The van der Waals surface area contributed by atoms with Gasteiger partial charge in [0.15, 0.2) is 11.6 Å². The lowest BCUT2D eigenvalue weighted by molar-refractivity contribution is 0.0986. The van der Waals surface area contributed by atoms with E-state index in [4.69, 9.17) is 9.97 Å². The van der Waals surface area contributed by atoms with E-state index in [1.165, 1.54) is 0 Å². The molecule has 1 aromatic heterocycles. The van der Waals surface area contributed by atoms with Gasteiger partial charge in [-0.1, -0.05) is 18.2 Å². The van der Waals surface area contributed by atoms with Gasteiger partial charge in [0.1, 0.15) is 0 Å². The fourth-order valence-electron chi connectivity index (χ4n) is 3.07. The monoisotopic (exact) mass is 444 g/mol. The highest BCUT2D eigenvalue weighted by atomic mass is 127. The molecule has 0 bridgehead atoms. The van der Waals surface area contributed by atoms with Gasteiger partial charge in [-0.25, -0.2) is 9.97 Å². The summed E-state index contributed by atoms with van der Waals surface area (Å²) in [6.45, 7) is 1.48. The van der Waals surface area contributed by atoms with Gasteiger partial charge in [-0.15, -0.1) is 0 Å². The summed E-state index contributed by atoms with van der Waals surface area (Å²) in [7, 11) is 2.00. The van der Waals surface area contributed by atoms with E-state index < -0.39 is 0 Å². The molecule has 1 aliphatic rings. The van der Waals surface area contributed by atoms with Crippen LogP contribution in [0.2, 0.25) is 0 Å². The maximum absolute atomic E-state index is 13.1. The molecular weight excluding hydrogens is 427 g/mol. The van der Waals surface area contributed by atoms with Crippen LogP contribution in [0.1, 0.15) is 16.8 Å². The summed E-state index contributed by atoms with van der Waals surface area (Å²) in [5, 5.41) is 0. The molecule has 2 aromatic carbocycles. The minimum atomic E-state index is -0.0281. The molecule has 3 aromatic rings. The van der Waals surface area contributed by atoms with E-state index >= 15 is 0 Å². The molecule has 0 spiro atoms. The Morgan fingerprint density at radius 2 is 1.72 bits per heavy atom. The summed E-state index contributed by atoms with van der Waals surface area (Å²) >= 11 is 2.23. The van der Waals surface area contributed by atoms with Crippen LogP contribution in [0, 0.1) is 3.57 Å². The summed E-state index contributed by atoms with van der Waals surface area (Å²) in [6, 6.07) is 15.4. The number of amides is 1. The highest BCUT2D eigenvalue weighted by molar-refractivity contribution is 14.1. The van der Waals surface area contributed by atoms with Gasteiger partial charge < -0.3 is 4.90 Å². The van der Waals surface area contributed by atoms with Crippen molar-refractivity contribution in [2.75, 3.05) is 29.9 Å². The van der Waals surface area contributed by atoms with Crippen molar-refractivity contribution in [2.45, 2.75) is 6.42 Å². The van der Waals surface area contributed by atoms with Crippen LogP contribution in [-0.2, 0) is 0 Å². The van der Waals surface area contributed by atoms with Crippen molar-refractivity contribution in [1.82, 2.24) is 9.97 Å². The number of benzene rings is 2. The molecule has 1 amide bonds. The number of hydrogen-bond donors (Lipinski definition) is 0. The minimum Gasteiger partial charge on any atom is -0.357 e. The van der Waals surface area contributed by atoms with Gasteiger partial charge >= 0.3 is 0 Å².